The number of hydrogen-bond donors (Lipinski definition) is 1. The Labute approximate surface area is 123 Å². The molecule has 0 saturated carbocycles. The van der Waals surface area contributed by atoms with Crippen LogP contribution in [-0.4, -0.2) is 35.4 Å². The van der Waals surface area contributed by atoms with E-state index in [1.807, 2.05) is 13.8 Å². The molecule has 1 N–H and O–H groups in total. The first-order chi connectivity index (χ1) is 9.68. The molecule has 2 aliphatic rings. The molecule has 0 bridgehead atoms. The number of allylic oxidation sites excluding steroid dienone is 2. The predicted molar refractivity (Wildman–Crippen MR) is 83.7 cm³/mol. The third-order valence-electron chi connectivity index (χ3n) is 2.76. The Balaban J connectivity index is 2.06. The van der Waals surface area contributed by atoms with Crippen molar-refractivity contribution in [2.24, 2.45) is 10.3 Å². The van der Waals surface area contributed by atoms with Gasteiger partial charge in [0.2, 0.25) is 0 Å². The van der Waals surface area contributed by atoms with Gasteiger partial charge in [0.1, 0.15) is 13.2 Å². The molecule has 0 amide bonds. The number of nitrogens with one attached hydrogen (secondary N) is 1. The van der Waals surface area contributed by atoms with E-state index in [0.717, 1.165) is 35.5 Å². The minimum absolute atomic E-state index is 0.387. The van der Waals surface area contributed by atoms with Gasteiger partial charge in [-0.3, -0.25) is 5.41 Å². The summed E-state index contributed by atoms with van der Waals surface area (Å²) in [6.07, 6.45) is 6.09. The fourth-order valence-corrected chi connectivity index (χ4v) is 2.61. The van der Waals surface area contributed by atoms with Crippen LogP contribution in [0.4, 0.5) is 0 Å². The maximum Gasteiger partial charge on any atom is 0.161 e. The van der Waals surface area contributed by atoms with Gasteiger partial charge < -0.3 is 9.68 Å². The van der Waals surface area contributed by atoms with Crippen molar-refractivity contribution >= 4 is 28.2 Å². The molecule has 0 fully saturated rings. The van der Waals surface area contributed by atoms with Crippen LogP contribution in [0.3, 0.4) is 0 Å². The molecular formula is C14H19N3O2S. The molecule has 0 atom stereocenters. The predicted octanol–water partition coefficient (Wildman–Crippen LogP) is 3.14. The fourth-order valence-electron chi connectivity index (χ4n) is 1.90. The highest BCUT2D eigenvalue weighted by molar-refractivity contribution is 8.15. The SMILES string of the molecule is CC(C)=NOCC1=CCCC=C1C(=N)C1=NOCCS1. The summed E-state index contributed by atoms with van der Waals surface area (Å²) in [6.45, 7) is 4.77. The second-order valence-electron chi connectivity index (χ2n) is 4.69. The van der Waals surface area contributed by atoms with Crippen molar-refractivity contribution in [3.63, 3.8) is 0 Å². The maximum absolute atomic E-state index is 8.30. The summed E-state index contributed by atoms with van der Waals surface area (Å²) in [6, 6.07) is 0. The van der Waals surface area contributed by atoms with Crippen LogP contribution in [0.2, 0.25) is 0 Å². The summed E-state index contributed by atoms with van der Waals surface area (Å²) >= 11 is 1.56. The largest absolute Gasteiger partial charge is 0.394 e. The molecule has 0 aromatic rings. The molecule has 1 heterocycles. The van der Waals surface area contributed by atoms with Gasteiger partial charge in [-0.05, 0) is 32.3 Å². The summed E-state index contributed by atoms with van der Waals surface area (Å²) in [5, 5.41) is 16.8. The zero-order chi connectivity index (χ0) is 14.4. The topological polar surface area (TPSA) is 67.0 Å². The Kier molecular flexibility index (Phi) is 5.40. The van der Waals surface area contributed by atoms with E-state index in [1.165, 1.54) is 0 Å². The Hall–Kier alpha value is -1.56. The molecule has 20 heavy (non-hydrogen) atoms. The van der Waals surface area contributed by atoms with Crippen molar-refractivity contribution < 1.29 is 9.68 Å². The van der Waals surface area contributed by atoms with Gasteiger partial charge in [-0.2, -0.15) is 0 Å². The van der Waals surface area contributed by atoms with Crippen molar-refractivity contribution in [1.82, 2.24) is 0 Å². The van der Waals surface area contributed by atoms with E-state index in [0.29, 0.717) is 24.0 Å². The molecule has 0 aromatic carbocycles. The first kappa shape index (κ1) is 14.8. The zero-order valence-corrected chi connectivity index (χ0v) is 12.6. The average Bonchev–Trinajstić information content (AvgIpc) is 2.47. The van der Waals surface area contributed by atoms with E-state index >= 15 is 0 Å². The smallest absolute Gasteiger partial charge is 0.161 e. The number of hydrogen-bond acceptors (Lipinski definition) is 6. The van der Waals surface area contributed by atoms with Gasteiger partial charge in [0.25, 0.3) is 0 Å². The summed E-state index contributed by atoms with van der Waals surface area (Å²) < 4.78 is 0. The third kappa shape index (κ3) is 3.96. The van der Waals surface area contributed by atoms with Crippen molar-refractivity contribution in [3.8, 4) is 0 Å². The first-order valence-electron chi connectivity index (χ1n) is 6.63. The normalized spacial score (nSPS) is 18.2. The van der Waals surface area contributed by atoms with Crippen LogP contribution in [0, 0.1) is 5.41 Å². The number of nitrogens with zero attached hydrogens (tertiary/aromatic N) is 2. The summed E-state index contributed by atoms with van der Waals surface area (Å²) in [4.78, 5) is 10.4. The van der Waals surface area contributed by atoms with Crippen LogP contribution >= 0.6 is 11.8 Å². The number of oxime groups is 2. The van der Waals surface area contributed by atoms with Crippen LogP contribution < -0.4 is 0 Å². The summed E-state index contributed by atoms with van der Waals surface area (Å²) in [5.41, 5.74) is 3.18. The van der Waals surface area contributed by atoms with E-state index in [4.69, 9.17) is 15.1 Å². The second-order valence-corrected chi connectivity index (χ2v) is 5.77. The molecule has 0 saturated heterocycles. The lowest BCUT2D eigenvalue weighted by Crippen LogP contribution is -2.20. The van der Waals surface area contributed by atoms with Gasteiger partial charge >= 0.3 is 0 Å². The Bertz CT molecular complexity index is 503. The standard InChI is InChI=1S/C14H19N3O2S/c1-10(2)16-19-9-11-5-3-4-6-12(11)13(15)14-17-18-7-8-20-14/h5-6,15H,3-4,7-9H2,1-2H3. The van der Waals surface area contributed by atoms with Crippen molar-refractivity contribution in [3.05, 3.63) is 23.3 Å². The van der Waals surface area contributed by atoms with Gasteiger partial charge in [0.15, 0.2) is 5.04 Å². The molecule has 1 aliphatic heterocycles. The van der Waals surface area contributed by atoms with Crippen LogP contribution in [-0.2, 0) is 9.68 Å². The minimum atomic E-state index is 0.387. The van der Waals surface area contributed by atoms with Gasteiger partial charge in [-0.25, -0.2) is 0 Å². The van der Waals surface area contributed by atoms with E-state index in [-0.39, 0.29) is 0 Å². The average molecular weight is 293 g/mol. The van der Waals surface area contributed by atoms with Crippen LogP contribution in [0.15, 0.2) is 33.6 Å². The summed E-state index contributed by atoms with van der Waals surface area (Å²) in [5.74, 6) is 0.837. The van der Waals surface area contributed by atoms with Crippen LogP contribution in [0.5, 0.6) is 0 Å². The van der Waals surface area contributed by atoms with Gasteiger partial charge in [0.05, 0.1) is 11.4 Å². The first-order valence-corrected chi connectivity index (χ1v) is 7.62. The van der Waals surface area contributed by atoms with E-state index in [9.17, 15) is 0 Å². The highest BCUT2D eigenvalue weighted by Gasteiger charge is 2.21. The molecule has 6 heteroatoms. The van der Waals surface area contributed by atoms with Crippen molar-refractivity contribution in [2.45, 2.75) is 26.7 Å². The van der Waals surface area contributed by atoms with Crippen LogP contribution in [0.25, 0.3) is 0 Å². The molecule has 0 radical (unpaired) electrons. The molecule has 1 aliphatic carbocycles. The lowest BCUT2D eigenvalue weighted by atomic mass is 9.95. The third-order valence-corrected chi connectivity index (χ3v) is 3.69. The second kappa shape index (κ2) is 7.28. The Morgan fingerprint density at radius 1 is 1.45 bits per heavy atom. The zero-order valence-electron chi connectivity index (χ0n) is 11.8. The number of thioether (sulfide) groups is 1. The minimum Gasteiger partial charge on any atom is -0.394 e. The van der Waals surface area contributed by atoms with E-state index in [1.54, 1.807) is 11.8 Å². The Morgan fingerprint density at radius 3 is 2.95 bits per heavy atom. The quantitative estimate of drug-likeness (QED) is 0.625. The highest BCUT2D eigenvalue weighted by Crippen LogP contribution is 2.24. The van der Waals surface area contributed by atoms with E-state index in [2.05, 4.69) is 22.5 Å². The molecule has 5 nitrogen and oxygen atoms in total. The lowest BCUT2D eigenvalue weighted by Gasteiger charge is -2.18. The molecule has 0 unspecified atom stereocenters. The molecule has 0 aromatic heterocycles. The van der Waals surface area contributed by atoms with E-state index < -0.39 is 0 Å². The van der Waals surface area contributed by atoms with Gasteiger partial charge in [-0.1, -0.05) is 34.2 Å². The summed E-state index contributed by atoms with van der Waals surface area (Å²) in [7, 11) is 0. The van der Waals surface area contributed by atoms with Gasteiger partial charge in [0, 0.05) is 11.3 Å². The lowest BCUT2D eigenvalue weighted by molar-refractivity contribution is 0.160. The molecular weight excluding hydrogens is 274 g/mol. The van der Waals surface area contributed by atoms with Crippen LogP contribution in [0.1, 0.15) is 26.7 Å². The van der Waals surface area contributed by atoms with Crippen molar-refractivity contribution in [1.29, 1.82) is 5.41 Å². The maximum atomic E-state index is 8.30. The molecule has 108 valence electrons. The highest BCUT2D eigenvalue weighted by atomic mass is 32.2. The molecule has 2 rings (SSSR count). The molecule has 0 spiro atoms. The Morgan fingerprint density at radius 2 is 2.25 bits per heavy atom. The monoisotopic (exact) mass is 293 g/mol. The van der Waals surface area contributed by atoms with Crippen molar-refractivity contribution in [2.75, 3.05) is 19.0 Å². The number of rotatable bonds is 5. The van der Waals surface area contributed by atoms with Gasteiger partial charge in [-0.15, -0.1) is 0 Å². The fraction of sp³-hybridized carbons (Fsp3) is 0.500.